The molecule has 3 fully saturated rings. The molecule has 0 spiro atoms. The van der Waals surface area contributed by atoms with Gasteiger partial charge < -0.3 is 24.8 Å². The van der Waals surface area contributed by atoms with Crippen molar-refractivity contribution in [1.29, 1.82) is 0 Å². The van der Waals surface area contributed by atoms with Crippen molar-refractivity contribution in [3.63, 3.8) is 0 Å². The Labute approximate surface area is 218 Å². The van der Waals surface area contributed by atoms with E-state index in [2.05, 4.69) is 0 Å². The molecule has 0 aromatic carbocycles. The number of ketones is 1. The van der Waals surface area contributed by atoms with E-state index < -0.39 is 63.7 Å². The van der Waals surface area contributed by atoms with Crippen LogP contribution in [0.1, 0.15) is 73.1 Å². The van der Waals surface area contributed by atoms with Crippen LogP contribution < -0.4 is 0 Å². The largest absolute Gasteiger partial charge is 0.457 e. The number of carbonyl (C=O) groups is 3. The Balaban J connectivity index is 1.66. The van der Waals surface area contributed by atoms with Crippen LogP contribution in [0, 0.1) is 35.0 Å². The van der Waals surface area contributed by atoms with Gasteiger partial charge in [-0.05, 0) is 30.9 Å². The molecule has 5 rings (SSSR count). The number of rotatable bonds is 4. The van der Waals surface area contributed by atoms with Gasteiger partial charge in [0.2, 0.25) is 0 Å². The summed E-state index contributed by atoms with van der Waals surface area (Å²) in [5.74, 6) is -4.45. The average molecular weight is 517 g/mol. The summed E-state index contributed by atoms with van der Waals surface area (Å²) in [6, 6.07) is 0. The summed E-state index contributed by atoms with van der Waals surface area (Å²) in [6.07, 6.45) is 6.78. The van der Waals surface area contributed by atoms with Crippen LogP contribution >= 0.6 is 0 Å². The zero-order chi connectivity index (χ0) is 27.1. The molecule has 0 radical (unpaired) electrons. The monoisotopic (exact) mass is 516 g/mol. The van der Waals surface area contributed by atoms with E-state index in [1.807, 2.05) is 13.8 Å². The normalized spacial score (nSPS) is 44.4. The quantitative estimate of drug-likeness (QED) is 0.384. The first kappa shape index (κ1) is 26.6. The van der Waals surface area contributed by atoms with Gasteiger partial charge in [-0.3, -0.25) is 14.4 Å². The highest BCUT2D eigenvalue weighted by molar-refractivity contribution is 6.04. The van der Waals surface area contributed by atoms with E-state index in [-0.39, 0.29) is 24.9 Å². The third-order valence-electron chi connectivity index (χ3n) is 10.5. The second-order valence-electron chi connectivity index (χ2n) is 12.7. The number of aliphatic hydroxyl groups is 3. The minimum absolute atomic E-state index is 0.105. The van der Waals surface area contributed by atoms with E-state index in [1.165, 1.54) is 6.92 Å². The summed E-state index contributed by atoms with van der Waals surface area (Å²) in [4.78, 5) is 39.1. The number of hydrogen-bond acceptors (Lipinski definition) is 8. The fourth-order valence-corrected chi connectivity index (χ4v) is 8.62. The fraction of sp³-hybridized carbons (Fsp3) is 0.759. The van der Waals surface area contributed by atoms with Gasteiger partial charge in [-0.25, -0.2) is 0 Å². The van der Waals surface area contributed by atoms with Gasteiger partial charge >= 0.3 is 11.9 Å². The Morgan fingerprint density at radius 3 is 2.35 bits per heavy atom. The highest BCUT2D eigenvalue weighted by Gasteiger charge is 2.87. The van der Waals surface area contributed by atoms with E-state index in [9.17, 15) is 29.7 Å². The maximum Gasteiger partial charge on any atom is 0.309 e. The molecule has 0 amide bonds. The first-order chi connectivity index (χ1) is 17.3. The molecule has 0 aromatic heterocycles. The third-order valence-corrected chi connectivity index (χ3v) is 10.5. The smallest absolute Gasteiger partial charge is 0.309 e. The van der Waals surface area contributed by atoms with Crippen LogP contribution in [0.4, 0.5) is 0 Å². The number of esters is 2. The molecule has 37 heavy (non-hydrogen) atoms. The first-order valence-corrected chi connectivity index (χ1v) is 13.6. The first-order valence-electron chi connectivity index (χ1n) is 13.6. The lowest BCUT2D eigenvalue weighted by atomic mass is 9.59. The molecule has 0 aliphatic heterocycles. The molecule has 0 bridgehead atoms. The van der Waals surface area contributed by atoms with Crippen LogP contribution in [0.5, 0.6) is 0 Å². The van der Waals surface area contributed by atoms with Crippen molar-refractivity contribution < 1.29 is 39.2 Å². The molecule has 0 aromatic rings. The summed E-state index contributed by atoms with van der Waals surface area (Å²) in [5, 5.41) is 34.6. The van der Waals surface area contributed by atoms with E-state index >= 15 is 0 Å². The van der Waals surface area contributed by atoms with E-state index in [0.29, 0.717) is 11.1 Å². The van der Waals surface area contributed by atoms with Gasteiger partial charge in [-0.1, -0.05) is 52.2 Å². The summed E-state index contributed by atoms with van der Waals surface area (Å²) >= 11 is 0. The highest BCUT2D eigenvalue weighted by Crippen LogP contribution is 2.77. The van der Waals surface area contributed by atoms with Gasteiger partial charge in [0.1, 0.15) is 11.7 Å². The minimum atomic E-state index is -1.92. The average Bonchev–Trinajstić information content (AvgIpc) is 3.27. The lowest BCUT2D eigenvalue weighted by Crippen LogP contribution is -2.66. The van der Waals surface area contributed by atoms with Crippen LogP contribution in [-0.4, -0.2) is 62.6 Å². The minimum Gasteiger partial charge on any atom is -0.457 e. The standard InChI is InChI=1S/C29H40O8/c1-15-11-21-27(34,23(15)32)13-18(14-30)12-20-22-26(4,5)29(22,37-17(3)31)24(16(2)28(20,21)35)36-25(33)19-9-7-6-8-10-19/h11-12,16,19-22,24,30,34-35H,6-10,13-14H2,1-5H3/t16-,20+,21-,22+,24-,27-,28-,29-/m1/s1. The molecule has 8 heteroatoms. The number of hydrogen-bond donors (Lipinski definition) is 3. The molecule has 0 saturated heterocycles. The summed E-state index contributed by atoms with van der Waals surface area (Å²) in [7, 11) is 0. The maximum absolute atomic E-state index is 13.4. The molecule has 204 valence electrons. The fourth-order valence-electron chi connectivity index (χ4n) is 8.62. The van der Waals surface area contributed by atoms with Crippen molar-refractivity contribution in [2.24, 2.45) is 35.0 Å². The lowest BCUT2D eigenvalue weighted by molar-refractivity contribution is -0.230. The van der Waals surface area contributed by atoms with Gasteiger partial charge in [0.05, 0.1) is 18.1 Å². The Morgan fingerprint density at radius 2 is 1.76 bits per heavy atom. The highest BCUT2D eigenvalue weighted by atomic mass is 16.6. The molecule has 3 saturated carbocycles. The van der Waals surface area contributed by atoms with E-state index in [4.69, 9.17) is 9.47 Å². The van der Waals surface area contributed by atoms with Crippen molar-refractivity contribution in [1.82, 2.24) is 0 Å². The van der Waals surface area contributed by atoms with Gasteiger partial charge in [-0.2, -0.15) is 0 Å². The molecular weight excluding hydrogens is 476 g/mol. The second-order valence-corrected chi connectivity index (χ2v) is 12.7. The predicted octanol–water partition coefficient (Wildman–Crippen LogP) is 2.63. The Bertz CT molecular complexity index is 1080. The SMILES string of the molecule is CC(=O)O[C@@]12[C@H](OC(=O)C3CCCCC3)[C@@H](C)[C@@]3(O)[C@@H](C=C(CO)C[C@]4(O)C(=O)C(C)=C[C@@H]34)[C@H]1C2(C)C. The molecule has 0 unspecified atom stereocenters. The molecule has 0 heterocycles. The summed E-state index contributed by atoms with van der Waals surface area (Å²) in [6.45, 7) is 8.19. The number of carbonyl (C=O) groups excluding carboxylic acids is 3. The second kappa shape index (κ2) is 8.48. The van der Waals surface area contributed by atoms with Crippen LogP contribution in [-0.2, 0) is 23.9 Å². The summed E-state index contributed by atoms with van der Waals surface area (Å²) in [5.41, 5.74) is -4.67. The number of Topliss-reactive ketones (excluding diaryl/α,β-unsaturated/α-hetero) is 1. The number of aliphatic hydroxyl groups excluding tert-OH is 1. The molecule has 8 nitrogen and oxygen atoms in total. The molecule has 3 N–H and O–H groups in total. The van der Waals surface area contributed by atoms with Crippen LogP contribution in [0.2, 0.25) is 0 Å². The van der Waals surface area contributed by atoms with Crippen molar-refractivity contribution in [2.45, 2.75) is 96.1 Å². The molecule has 5 aliphatic rings. The van der Waals surface area contributed by atoms with Gasteiger partial charge in [0, 0.05) is 42.4 Å². The van der Waals surface area contributed by atoms with E-state index in [0.717, 1.165) is 32.1 Å². The topological polar surface area (TPSA) is 130 Å². The third kappa shape index (κ3) is 3.41. The number of fused-ring (bicyclic) bond motifs is 5. The summed E-state index contributed by atoms with van der Waals surface area (Å²) < 4.78 is 12.3. The Hall–Kier alpha value is -2.03. The zero-order valence-electron chi connectivity index (χ0n) is 22.5. The number of ether oxygens (including phenoxy) is 2. The lowest BCUT2D eigenvalue weighted by Gasteiger charge is -2.53. The maximum atomic E-state index is 13.4. The Kier molecular flexibility index (Phi) is 6.09. The Morgan fingerprint density at radius 1 is 1.11 bits per heavy atom. The van der Waals surface area contributed by atoms with E-state index in [1.54, 1.807) is 26.0 Å². The predicted molar refractivity (Wildman–Crippen MR) is 133 cm³/mol. The van der Waals surface area contributed by atoms with Crippen LogP contribution in [0.25, 0.3) is 0 Å². The van der Waals surface area contributed by atoms with Crippen molar-refractivity contribution >= 4 is 17.7 Å². The van der Waals surface area contributed by atoms with Gasteiger partial charge in [0.15, 0.2) is 11.4 Å². The molecule has 8 atom stereocenters. The zero-order valence-corrected chi connectivity index (χ0v) is 22.5. The van der Waals surface area contributed by atoms with Gasteiger partial charge in [-0.15, -0.1) is 0 Å². The van der Waals surface area contributed by atoms with Crippen molar-refractivity contribution in [3.8, 4) is 0 Å². The van der Waals surface area contributed by atoms with Crippen molar-refractivity contribution in [3.05, 3.63) is 23.3 Å². The molecule has 5 aliphatic carbocycles. The van der Waals surface area contributed by atoms with Crippen molar-refractivity contribution in [2.75, 3.05) is 6.61 Å². The van der Waals surface area contributed by atoms with Crippen LogP contribution in [0.3, 0.4) is 0 Å². The molecular formula is C29H40O8. The van der Waals surface area contributed by atoms with Gasteiger partial charge in [0.25, 0.3) is 0 Å². The van der Waals surface area contributed by atoms with Crippen LogP contribution in [0.15, 0.2) is 23.3 Å².